The van der Waals surface area contributed by atoms with Crippen molar-refractivity contribution in [2.45, 2.75) is 25.3 Å². The first-order valence-corrected chi connectivity index (χ1v) is 8.19. The van der Waals surface area contributed by atoms with Crippen molar-refractivity contribution in [3.8, 4) is 11.1 Å². The SMILES string of the molecule is O=C(N[C@H]1CC[C@@H](C(=O)O)C1)c1sccc1-c1ccccc1. The molecule has 5 heteroatoms. The Hall–Kier alpha value is -2.14. The predicted octanol–water partition coefficient (Wildman–Crippen LogP) is 3.40. The van der Waals surface area contributed by atoms with Crippen LogP contribution in [0.1, 0.15) is 28.9 Å². The van der Waals surface area contributed by atoms with Gasteiger partial charge in [-0.1, -0.05) is 30.3 Å². The van der Waals surface area contributed by atoms with Crippen LogP contribution >= 0.6 is 11.3 Å². The Morgan fingerprint density at radius 2 is 1.91 bits per heavy atom. The molecule has 1 saturated carbocycles. The van der Waals surface area contributed by atoms with Gasteiger partial charge in [-0.3, -0.25) is 9.59 Å². The van der Waals surface area contributed by atoms with E-state index in [4.69, 9.17) is 5.11 Å². The molecule has 1 heterocycles. The van der Waals surface area contributed by atoms with Gasteiger partial charge in [0, 0.05) is 11.6 Å². The number of carboxylic acid groups (broad SMARTS) is 1. The largest absolute Gasteiger partial charge is 0.481 e. The zero-order valence-electron chi connectivity index (χ0n) is 12.0. The minimum atomic E-state index is -0.766. The molecule has 1 aromatic heterocycles. The summed E-state index contributed by atoms with van der Waals surface area (Å²) >= 11 is 1.41. The van der Waals surface area contributed by atoms with Gasteiger partial charge in [0.05, 0.1) is 10.8 Å². The second-order valence-corrected chi connectivity index (χ2v) is 6.46. The average molecular weight is 315 g/mol. The van der Waals surface area contributed by atoms with Crippen LogP contribution in [0.25, 0.3) is 11.1 Å². The van der Waals surface area contributed by atoms with Gasteiger partial charge in [0.25, 0.3) is 5.91 Å². The van der Waals surface area contributed by atoms with E-state index in [9.17, 15) is 9.59 Å². The smallest absolute Gasteiger partial charge is 0.306 e. The fraction of sp³-hybridized carbons (Fsp3) is 0.294. The van der Waals surface area contributed by atoms with Crippen molar-refractivity contribution in [3.63, 3.8) is 0 Å². The maximum Gasteiger partial charge on any atom is 0.306 e. The van der Waals surface area contributed by atoms with E-state index in [0.717, 1.165) is 17.5 Å². The van der Waals surface area contributed by atoms with Crippen LogP contribution in [-0.4, -0.2) is 23.0 Å². The van der Waals surface area contributed by atoms with Gasteiger partial charge in [0.1, 0.15) is 0 Å². The van der Waals surface area contributed by atoms with E-state index < -0.39 is 5.97 Å². The summed E-state index contributed by atoms with van der Waals surface area (Å²) in [5.74, 6) is -1.20. The summed E-state index contributed by atoms with van der Waals surface area (Å²) in [6.07, 6.45) is 1.89. The first-order valence-electron chi connectivity index (χ1n) is 7.31. The summed E-state index contributed by atoms with van der Waals surface area (Å²) < 4.78 is 0. The van der Waals surface area contributed by atoms with Gasteiger partial charge in [0.2, 0.25) is 0 Å². The summed E-state index contributed by atoms with van der Waals surface area (Å²) in [5.41, 5.74) is 1.94. The third kappa shape index (κ3) is 3.04. The molecule has 0 saturated heterocycles. The molecule has 2 N–H and O–H groups in total. The Labute approximate surface area is 132 Å². The molecular formula is C17H17NO3S. The Kier molecular flexibility index (Phi) is 4.24. The summed E-state index contributed by atoms with van der Waals surface area (Å²) in [4.78, 5) is 24.2. The van der Waals surface area contributed by atoms with Gasteiger partial charge in [-0.15, -0.1) is 11.3 Å². The van der Waals surface area contributed by atoms with Crippen molar-refractivity contribution in [2.24, 2.45) is 5.92 Å². The minimum Gasteiger partial charge on any atom is -0.481 e. The number of nitrogens with one attached hydrogen (secondary N) is 1. The van der Waals surface area contributed by atoms with Crippen LogP contribution in [0.4, 0.5) is 0 Å². The number of carbonyl (C=O) groups is 2. The number of rotatable bonds is 4. The number of aliphatic carboxylic acids is 1. The van der Waals surface area contributed by atoms with Crippen molar-refractivity contribution in [1.82, 2.24) is 5.32 Å². The maximum absolute atomic E-state index is 12.5. The standard InChI is InChI=1S/C17H17NO3S/c19-16(18-13-7-6-12(10-13)17(20)21)15-14(8-9-22-15)11-4-2-1-3-5-11/h1-5,8-9,12-13H,6-7,10H2,(H,18,19)(H,20,21)/t12-,13+/m1/s1. The highest BCUT2D eigenvalue weighted by atomic mass is 32.1. The van der Waals surface area contributed by atoms with Crippen molar-refractivity contribution < 1.29 is 14.7 Å². The summed E-state index contributed by atoms with van der Waals surface area (Å²) in [7, 11) is 0. The van der Waals surface area contributed by atoms with E-state index in [1.54, 1.807) is 0 Å². The van der Waals surface area contributed by atoms with Gasteiger partial charge >= 0.3 is 5.97 Å². The quantitative estimate of drug-likeness (QED) is 0.908. The molecule has 1 amide bonds. The number of hydrogen-bond donors (Lipinski definition) is 2. The van der Waals surface area contributed by atoms with E-state index in [2.05, 4.69) is 5.32 Å². The molecule has 0 radical (unpaired) electrons. The number of amides is 1. The van der Waals surface area contributed by atoms with E-state index in [-0.39, 0.29) is 17.9 Å². The van der Waals surface area contributed by atoms with E-state index in [1.165, 1.54) is 11.3 Å². The van der Waals surface area contributed by atoms with Crippen LogP contribution < -0.4 is 5.32 Å². The third-order valence-electron chi connectivity index (χ3n) is 4.07. The van der Waals surface area contributed by atoms with Gasteiger partial charge in [-0.05, 0) is 36.3 Å². The third-order valence-corrected chi connectivity index (χ3v) is 4.99. The van der Waals surface area contributed by atoms with Crippen LogP contribution in [0.3, 0.4) is 0 Å². The number of thiophene rings is 1. The second-order valence-electron chi connectivity index (χ2n) is 5.55. The molecule has 2 atom stereocenters. The molecule has 1 aliphatic rings. The van der Waals surface area contributed by atoms with E-state index in [1.807, 2.05) is 41.8 Å². The van der Waals surface area contributed by atoms with Crippen LogP contribution in [0, 0.1) is 5.92 Å². The number of hydrogen-bond acceptors (Lipinski definition) is 3. The highest BCUT2D eigenvalue weighted by Crippen LogP contribution is 2.30. The summed E-state index contributed by atoms with van der Waals surface area (Å²) in [6.45, 7) is 0. The zero-order valence-corrected chi connectivity index (χ0v) is 12.8. The van der Waals surface area contributed by atoms with Crippen LogP contribution in [0.15, 0.2) is 41.8 Å². The Morgan fingerprint density at radius 1 is 1.14 bits per heavy atom. The van der Waals surface area contributed by atoms with Crippen LogP contribution in [0.5, 0.6) is 0 Å². The molecule has 0 bridgehead atoms. The molecule has 114 valence electrons. The van der Waals surface area contributed by atoms with Crippen molar-refractivity contribution in [2.75, 3.05) is 0 Å². The van der Waals surface area contributed by atoms with E-state index in [0.29, 0.717) is 17.7 Å². The van der Waals surface area contributed by atoms with Crippen molar-refractivity contribution in [3.05, 3.63) is 46.7 Å². The Balaban J connectivity index is 1.72. The molecule has 22 heavy (non-hydrogen) atoms. The number of carboxylic acids is 1. The van der Waals surface area contributed by atoms with Gasteiger partial charge in [-0.25, -0.2) is 0 Å². The lowest BCUT2D eigenvalue weighted by molar-refractivity contribution is -0.141. The van der Waals surface area contributed by atoms with Crippen molar-refractivity contribution in [1.29, 1.82) is 0 Å². The highest BCUT2D eigenvalue weighted by molar-refractivity contribution is 7.12. The average Bonchev–Trinajstić information content (AvgIpc) is 3.17. The molecule has 0 unspecified atom stereocenters. The molecule has 1 fully saturated rings. The Morgan fingerprint density at radius 3 is 2.59 bits per heavy atom. The maximum atomic E-state index is 12.5. The topological polar surface area (TPSA) is 66.4 Å². The minimum absolute atomic E-state index is 0.0423. The molecular weight excluding hydrogens is 298 g/mol. The fourth-order valence-corrected chi connectivity index (χ4v) is 3.74. The first-order chi connectivity index (χ1) is 10.6. The molecule has 0 spiro atoms. The first kappa shape index (κ1) is 14.8. The lowest BCUT2D eigenvalue weighted by Crippen LogP contribution is -2.33. The van der Waals surface area contributed by atoms with E-state index >= 15 is 0 Å². The van der Waals surface area contributed by atoms with Gasteiger partial charge in [0.15, 0.2) is 0 Å². The van der Waals surface area contributed by atoms with Crippen LogP contribution in [0.2, 0.25) is 0 Å². The lowest BCUT2D eigenvalue weighted by Gasteiger charge is -2.12. The number of benzene rings is 1. The van der Waals surface area contributed by atoms with Gasteiger partial charge in [-0.2, -0.15) is 0 Å². The molecule has 1 aliphatic carbocycles. The Bertz CT molecular complexity index is 680. The van der Waals surface area contributed by atoms with Gasteiger partial charge < -0.3 is 10.4 Å². The second kappa shape index (κ2) is 6.32. The number of carbonyl (C=O) groups excluding carboxylic acids is 1. The summed E-state index contributed by atoms with van der Waals surface area (Å²) in [5, 5.41) is 13.9. The van der Waals surface area contributed by atoms with Crippen molar-refractivity contribution >= 4 is 23.2 Å². The lowest BCUT2D eigenvalue weighted by atomic mass is 10.1. The predicted molar refractivity (Wildman–Crippen MR) is 86.0 cm³/mol. The molecule has 4 nitrogen and oxygen atoms in total. The summed E-state index contributed by atoms with van der Waals surface area (Å²) in [6, 6.07) is 11.7. The monoisotopic (exact) mass is 315 g/mol. The molecule has 3 rings (SSSR count). The van der Waals surface area contributed by atoms with Crippen LogP contribution in [-0.2, 0) is 4.79 Å². The highest BCUT2D eigenvalue weighted by Gasteiger charge is 2.31. The fourth-order valence-electron chi connectivity index (χ4n) is 2.92. The normalized spacial score (nSPS) is 20.7. The molecule has 0 aliphatic heterocycles. The zero-order chi connectivity index (χ0) is 15.5. The molecule has 2 aromatic rings. The molecule has 1 aromatic carbocycles.